The first kappa shape index (κ1) is 19.7. The quantitative estimate of drug-likeness (QED) is 0.357. The Kier molecular flexibility index (Phi) is 4.61. The molecule has 10 nitrogen and oxygen atoms in total. The highest BCUT2D eigenvalue weighted by Gasteiger charge is 2.24. The molecule has 0 amide bonds. The van der Waals surface area contributed by atoms with Crippen LogP contribution in [0.4, 0.5) is 5.69 Å². The normalized spacial score (nSPS) is 11.7. The predicted octanol–water partition coefficient (Wildman–Crippen LogP) is 3.69. The molecule has 11 heteroatoms. The number of nitro groups is 1. The van der Waals surface area contributed by atoms with Crippen molar-refractivity contribution in [2.45, 2.75) is 26.2 Å². The van der Waals surface area contributed by atoms with E-state index in [-0.39, 0.29) is 11.2 Å². The number of nitrogens with zero attached hydrogens (tertiary/aromatic N) is 5. The lowest BCUT2D eigenvalue weighted by atomic mass is 9.93. The van der Waals surface area contributed by atoms with Gasteiger partial charge < -0.3 is 9.15 Å². The summed E-state index contributed by atoms with van der Waals surface area (Å²) >= 11 is 1.14. The van der Waals surface area contributed by atoms with Gasteiger partial charge in [0.25, 0.3) is 11.2 Å². The molecule has 1 aromatic carbocycles. The molecule has 3 heterocycles. The number of furan rings is 1. The van der Waals surface area contributed by atoms with Crippen LogP contribution in [0.25, 0.3) is 27.1 Å². The maximum atomic E-state index is 12.7. The number of fused-ring (bicyclic) bond motifs is 1. The molecule has 3 aromatic heterocycles. The molecule has 0 spiro atoms. The lowest BCUT2D eigenvalue weighted by Gasteiger charge is -2.14. The SMILES string of the molecule is COc1ccc(-c2ccc(-c3nn4c(=O)c(C(C)(C)C)nnc4s3)o2)c([N+](=O)[O-])c1. The molecule has 0 aliphatic rings. The largest absolute Gasteiger partial charge is 0.497 e. The molecule has 0 atom stereocenters. The average Bonchev–Trinajstić information content (AvgIpc) is 3.34. The summed E-state index contributed by atoms with van der Waals surface area (Å²) in [6.07, 6.45) is 0. The Bertz CT molecular complexity index is 1330. The summed E-state index contributed by atoms with van der Waals surface area (Å²) in [5.74, 6) is 1.03. The number of rotatable bonds is 4. The van der Waals surface area contributed by atoms with Crippen LogP contribution in [0.2, 0.25) is 0 Å². The van der Waals surface area contributed by atoms with Crippen molar-refractivity contribution < 1.29 is 14.1 Å². The summed E-state index contributed by atoms with van der Waals surface area (Å²) in [4.78, 5) is 24.0. The van der Waals surface area contributed by atoms with Gasteiger partial charge in [-0.15, -0.1) is 15.3 Å². The van der Waals surface area contributed by atoms with Crippen LogP contribution < -0.4 is 10.3 Å². The third-order valence-corrected chi connectivity index (χ3v) is 5.30. The maximum absolute atomic E-state index is 12.7. The monoisotopic (exact) mass is 427 g/mol. The summed E-state index contributed by atoms with van der Waals surface area (Å²) in [7, 11) is 1.44. The van der Waals surface area contributed by atoms with E-state index in [2.05, 4.69) is 15.3 Å². The standard InChI is InChI=1S/C19H17N5O5S/c1-19(2,3)15-17(25)23-18(21-20-15)30-16(22-23)14-8-7-13(29-14)11-6-5-10(28-4)9-12(11)24(26)27/h5-9H,1-4H3. The number of benzene rings is 1. The molecule has 30 heavy (non-hydrogen) atoms. The van der Waals surface area contributed by atoms with Crippen LogP contribution in [-0.2, 0) is 5.41 Å². The second-order valence-corrected chi connectivity index (χ2v) is 8.47. The van der Waals surface area contributed by atoms with Crippen LogP contribution in [0, 0.1) is 10.1 Å². The zero-order valence-electron chi connectivity index (χ0n) is 16.6. The van der Waals surface area contributed by atoms with Crippen molar-refractivity contribution in [3.8, 4) is 27.8 Å². The second kappa shape index (κ2) is 7.02. The molecular formula is C19H17N5O5S. The molecule has 0 N–H and O–H groups in total. The minimum atomic E-state index is -0.499. The van der Waals surface area contributed by atoms with E-state index < -0.39 is 10.3 Å². The smallest absolute Gasteiger partial charge is 0.297 e. The fourth-order valence-corrected chi connectivity index (χ4v) is 3.68. The molecule has 4 rings (SSSR count). The summed E-state index contributed by atoms with van der Waals surface area (Å²) in [5.41, 5.74) is -0.338. The minimum Gasteiger partial charge on any atom is -0.497 e. The lowest BCUT2D eigenvalue weighted by Crippen LogP contribution is -2.30. The highest BCUT2D eigenvalue weighted by atomic mass is 32.1. The van der Waals surface area contributed by atoms with Gasteiger partial charge >= 0.3 is 0 Å². The summed E-state index contributed by atoms with van der Waals surface area (Å²) in [5, 5.41) is 24.3. The van der Waals surface area contributed by atoms with Crippen molar-refractivity contribution in [2.75, 3.05) is 7.11 Å². The second-order valence-electron chi connectivity index (χ2n) is 7.51. The first-order valence-corrected chi connectivity index (χ1v) is 9.70. The maximum Gasteiger partial charge on any atom is 0.297 e. The van der Waals surface area contributed by atoms with E-state index in [1.807, 2.05) is 20.8 Å². The van der Waals surface area contributed by atoms with Crippen molar-refractivity contribution in [1.29, 1.82) is 0 Å². The Morgan fingerprint density at radius 3 is 2.57 bits per heavy atom. The van der Waals surface area contributed by atoms with Gasteiger partial charge in [0, 0.05) is 5.41 Å². The third kappa shape index (κ3) is 3.32. The zero-order valence-corrected chi connectivity index (χ0v) is 17.4. The topological polar surface area (TPSA) is 126 Å². The van der Waals surface area contributed by atoms with Gasteiger partial charge in [-0.05, 0) is 24.3 Å². The summed E-state index contributed by atoms with van der Waals surface area (Å²) in [6, 6.07) is 7.77. The van der Waals surface area contributed by atoms with Crippen LogP contribution in [0.3, 0.4) is 0 Å². The Morgan fingerprint density at radius 1 is 1.17 bits per heavy atom. The Labute approximate surface area is 173 Å². The average molecular weight is 427 g/mol. The van der Waals surface area contributed by atoms with Crippen LogP contribution in [0.5, 0.6) is 5.75 Å². The van der Waals surface area contributed by atoms with Gasteiger partial charge in [0.05, 0.1) is 23.7 Å². The lowest BCUT2D eigenvalue weighted by molar-refractivity contribution is -0.384. The summed E-state index contributed by atoms with van der Waals surface area (Å²) in [6.45, 7) is 5.62. The molecule has 0 saturated heterocycles. The van der Waals surface area contributed by atoms with E-state index in [1.165, 1.54) is 17.7 Å². The zero-order chi connectivity index (χ0) is 21.6. The number of aromatic nitrogens is 4. The van der Waals surface area contributed by atoms with Crippen LogP contribution in [0.1, 0.15) is 26.5 Å². The van der Waals surface area contributed by atoms with Gasteiger partial charge in [-0.25, -0.2) is 0 Å². The Morgan fingerprint density at radius 2 is 1.90 bits per heavy atom. The van der Waals surface area contributed by atoms with Crippen molar-refractivity contribution in [3.05, 3.63) is 56.5 Å². The van der Waals surface area contributed by atoms with E-state index in [9.17, 15) is 14.9 Å². The third-order valence-electron chi connectivity index (χ3n) is 4.38. The van der Waals surface area contributed by atoms with Crippen molar-refractivity contribution in [2.24, 2.45) is 0 Å². The van der Waals surface area contributed by atoms with E-state index in [0.29, 0.717) is 38.5 Å². The molecule has 0 aliphatic heterocycles. The molecule has 0 fully saturated rings. The number of hydrogen-bond acceptors (Lipinski definition) is 9. The van der Waals surface area contributed by atoms with Gasteiger partial charge in [0.2, 0.25) is 4.96 Å². The van der Waals surface area contributed by atoms with Crippen LogP contribution in [0.15, 0.2) is 39.5 Å². The van der Waals surface area contributed by atoms with E-state index >= 15 is 0 Å². The molecule has 154 valence electrons. The Balaban J connectivity index is 1.78. The van der Waals surface area contributed by atoms with Gasteiger partial charge in [-0.1, -0.05) is 32.1 Å². The number of hydrogen-bond donors (Lipinski definition) is 0. The van der Waals surface area contributed by atoms with Crippen LogP contribution >= 0.6 is 11.3 Å². The van der Waals surface area contributed by atoms with E-state index in [1.54, 1.807) is 24.3 Å². The first-order chi connectivity index (χ1) is 14.2. The molecule has 4 aromatic rings. The molecule has 0 saturated carbocycles. The van der Waals surface area contributed by atoms with Crippen molar-refractivity contribution >= 4 is 22.0 Å². The highest BCUT2D eigenvalue weighted by molar-refractivity contribution is 7.19. The fraction of sp³-hybridized carbons (Fsp3) is 0.263. The Hall–Kier alpha value is -3.60. The van der Waals surface area contributed by atoms with Gasteiger partial charge in [-0.2, -0.15) is 4.52 Å². The molecule has 0 radical (unpaired) electrons. The van der Waals surface area contributed by atoms with Crippen molar-refractivity contribution in [1.82, 2.24) is 19.8 Å². The van der Waals surface area contributed by atoms with Crippen molar-refractivity contribution in [3.63, 3.8) is 0 Å². The van der Waals surface area contributed by atoms with Crippen LogP contribution in [-0.4, -0.2) is 31.8 Å². The van der Waals surface area contributed by atoms with Gasteiger partial charge in [0.15, 0.2) is 10.8 Å². The van der Waals surface area contributed by atoms with Gasteiger partial charge in [-0.3, -0.25) is 14.9 Å². The molecule has 0 aliphatic carbocycles. The number of nitro benzene ring substituents is 1. The van der Waals surface area contributed by atoms with Gasteiger partial charge in [0.1, 0.15) is 17.2 Å². The summed E-state index contributed by atoms with van der Waals surface area (Å²) < 4.78 is 12.1. The minimum absolute atomic E-state index is 0.142. The molecule has 0 unspecified atom stereocenters. The number of ether oxygens (including phenoxy) is 1. The fourth-order valence-electron chi connectivity index (χ4n) is 2.88. The first-order valence-electron chi connectivity index (χ1n) is 8.89. The molecular weight excluding hydrogens is 410 g/mol. The predicted molar refractivity (Wildman–Crippen MR) is 110 cm³/mol. The van der Waals surface area contributed by atoms with E-state index in [0.717, 1.165) is 11.3 Å². The highest BCUT2D eigenvalue weighted by Crippen LogP contribution is 2.36. The van der Waals surface area contributed by atoms with E-state index in [4.69, 9.17) is 9.15 Å². The molecule has 0 bridgehead atoms. The number of methoxy groups -OCH3 is 1.